The molecule has 0 radical (unpaired) electrons. The smallest absolute Gasteiger partial charge is 0.340 e. The molecule has 1 heterocycles. The van der Waals surface area contributed by atoms with Gasteiger partial charge in [0.25, 0.3) is 0 Å². The Bertz CT molecular complexity index is 595. The van der Waals surface area contributed by atoms with Gasteiger partial charge in [0.15, 0.2) is 0 Å². The van der Waals surface area contributed by atoms with Gasteiger partial charge in [0.05, 0.1) is 16.3 Å². The van der Waals surface area contributed by atoms with Crippen LogP contribution in [0.15, 0.2) is 30.3 Å². The van der Waals surface area contributed by atoms with E-state index in [1.54, 1.807) is 29.5 Å². The fraction of sp³-hybridized carbons (Fsp3) is 0.214. The van der Waals surface area contributed by atoms with Crippen LogP contribution in [0.5, 0.6) is 0 Å². The van der Waals surface area contributed by atoms with Crippen molar-refractivity contribution in [2.45, 2.75) is 20.0 Å². The number of nitrogen functional groups attached to an aromatic ring is 1. The molecule has 1 aromatic heterocycles. The Hall–Kier alpha value is -1.52. The molecule has 2 N–H and O–H groups in total. The fourth-order valence-corrected chi connectivity index (χ4v) is 2.67. The van der Waals surface area contributed by atoms with Gasteiger partial charge >= 0.3 is 5.97 Å². The van der Waals surface area contributed by atoms with Crippen LogP contribution < -0.4 is 5.73 Å². The lowest BCUT2D eigenvalue weighted by molar-refractivity contribution is 0.0478. The molecule has 0 aliphatic heterocycles. The summed E-state index contributed by atoms with van der Waals surface area (Å²) in [4.78, 5) is 14.2. The normalized spacial score (nSPS) is 10.4. The summed E-state index contributed by atoms with van der Waals surface area (Å²) in [5.41, 5.74) is 6.31. The van der Waals surface area contributed by atoms with Gasteiger partial charge in [-0.25, -0.2) is 4.79 Å². The molecule has 0 bridgehead atoms. The van der Waals surface area contributed by atoms with Crippen molar-refractivity contribution >= 4 is 34.6 Å². The van der Waals surface area contributed by atoms with Gasteiger partial charge in [-0.05, 0) is 30.7 Å². The minimum atomic E-state index is -0.452. The molecular weight excluding hydrogens is 282 g/mol. The summed E-state index contributed by atoms with van der Waals surface area (Å²) in [6.45, 7) is 2.35. The number of hydrogen-bond donors (Lipinski definition) is 1. The van der Waals surface area contributed by atoms with Crippen molar-refractivity contribution < 1.29 is 9.53 Å². The average Bonchev–Trinajstić information content (AvgIpc) is 2.87. The van der Waals surface area contributed by atoms with E-state index < -0.39 is 5.97 Å². The molecule has 0 aliphatic carbocycles. The van der Waals surface area contributed by atoms with E-state index in [0.29, 0.717) is 10.6 Å². The van der Waals surface area contributed by atoms with Crippen molar-refractivity contribution in [1.82, 2.24) is 0 Å². The zero-order chi connectivity index (χ0) is 13.8. The number of carbonyl (C=O) groups excluding carboxylic acids is 1. The van der Waals surface area contributed by atoms with Crippen molar-refractivity contribution in [2.75, 3.05) is 5.73 Å². The van der Waals surface area contributed by atoms with Crippen LogP contribution >= 0.6 is 22.9 Å². The largest absolute Gasteiger partial charge is 0.456 e. The molecule has 0 amide bonds. The number of carbonyl (C=O) groups is 1. The molecule has 0 atom stereocenters. The van der Waals surface area contributed by atoms with Crippen LogP contribution in [-0.4, -0.2) is 5.97 Å². The number of benzene rings is 1. The molecular formula is C14H14ClNO2S. The highest BCUT2D eigenvalue weighted by atomic mass is 35.5. The van der Waals surface area contributed by atoms with Crippen LogP contribution in [0.4, 0.5) is 5.69 Å². The van der Waals surface area contributed by atoms with E-state index >= 15 is 0 Å². The van der Waals surface area contributed by atoms with Crippen LogP contribution in [0.3, 0.4) is 0 Å². The van der Waals surface area contributed by atoms with Crippen molar-refractivity contribution in [2.24, 2.45) is 0 Å². The maximum Gasteiger partial charge on any atom is 0.340 e. The monoisotopic (exact) mass is 295 g/mol. The lowest BCUT2D eigenvalue weighted by Crippen LogP contribution is -2.08. The van der Waals surface area contributed by atoms with E-state index in [2.05, 4.69) is 6.92 Å². The Kier molecular flexibility index (Phi) is 4.45. The van der Waals surface area contributed by atoms with E-state index in [1.165, 1.54) is 4.88 Å². The van der Waals surface area contributed by atoms with Crippen LogP contribution in [0.1, 0.15) is 27.0 Å². The molecule has 19 heavy (non-hydrogen) atoms. The molecule has 0 aliphatic rings. The summed E-state index contributed by atoms with van der Waals surface area (Å²) in [7, 11) is 0. The van der Waals surface area contributed by atoms with Gasteiger partial charge < -0.3 is 10.5 Å². The summed E-state index contributed by atoms with van der Waals surface area (Å²) in [5, 5.41) is 0.360. The van der Waals surface area contributed by atoms with Crippen molar-refractivity contribution in [3.8, 4) is 0 Å². The first-order valence-corrected chi connectivity index (χ1v) is 7.10. The van der Waals surface area contributed by atoms with E-state index in [9.17, 15) is 4.79 Å². The van der Waals surface area contributed by atoms with Gasteiger partial charge in [0.1, 0.15) is 6.61 Å². The van der Waals surface area contributed by atoms with Crippen molar-refractivity contribution in [3.05, 3.63) is 50.7 Å². The maximum atomic E-state index is 11.9. The number of anilines is 1. The summed E-state index contributed by atoms with van der Waals surface area (Å²) < 4.78 is 5.24. The predicted molar refractivity (Wildman–Crippen MR) is 78.7 cm³/mol. The molecule has 0 saturated carbocycles. The third-order valence-corrected chi connectivity index (χ3v) is 4.22. The number of thiophene rings is 1. The van der Waals surface area contributed by atoms with Gasteiger partial charge in [0.2, 0.25) is 0 Å². The lowest BCUT2D eigenvalue weighted by atomic mass is 10.2. The molecule has 0 unspecified atom stereocenters. The Balaban J connectivity index is 2.03. The number of para-hydroxylation sites is 1. The first kappa shape index (κ1) is 13.9. The first-order chi connectivity index (χ1) is 9.11. The van der Waals surface area contributed by atoms with Gasteiger partial charge in [-0.2, -0.15) is 0 Å². The molecule has 100 valence electrons. The van der Waals surface area contributed by atoms with Gasteiger partial charge in [-0.15, -0.1) is 11.3 Å². The van der Waals surface area contributed by atoms with E-state index in [-0.39, 0.29) is 12.3 Å². The predicted octanol–water partition coefficient (Wildman–Crippen LogP) is 3.90. The number of hydrogen-bond acceptors (Lipinski definition) is 4. The molecule has 0 saturated heterocycles. The summed E-state index contributed by atoms with van der Waals surface area (Å²) >= 11 is 7.51. The van der Waals surface area contributed by atoms with E-state index in [1.807, 2.05) is 12.1 Å². The third kappa shape index (κ3) is 3.28. The quantitative estimate of drug-likeness (QED) is 0.687. The highest BCUT2D eigenvalue weighted by molar-refractivity contribution is 7.11. The standard InChI is InChI=1S/C14H14ClNO2S/c1-2-9-6-7-10(19-9)8-18-14(17)11-4-3-5-12(15)13(11)16/h3-7H,2,8,16H2,1H3. The zero-order valence-corrected chi connectivity index (χ0v) is 12.1. The minimum Gasteiger partial charge on any atom is -0.456 e. The van der Waals surface area contributed by atoms with Crippen LogP contribution in [0, 0.1) is 0 Å². The Morgan fingerprint density at radius 1 is 1.32 bits per heavy atom. The number of rotatable bonds is 4. The Labute approximate surface area is 121 Å². The van der Waals surface area contributed by atoms with Gasteiger partial charge in [-0.1, -0.05) is 24.6 Å². The van der Waals surface area contributed by atoms with Gasteiger partial charge in [-0.3, -0.25) is 0 Å². The molecule has 2 rings (SSSR count). The minimum absolute atomic E-state index is 0.259. The van der Waals surface area contributed by atoms with Crippen LogP contribution in [-0.2, 0) is 17.8 Å². The lowest BCUT2D eigenvalue weighted by Gasteiger charge is -2.07. The summed E-state index contributed by atoms with van der Waals surface area (Å²) in [6, 6.07) is 8.94. The average molecular weight is 296 g/mol. The highest BCUT2D eigenvalue weighted by Crippen LogP contribution is 2.24. The molecule has 2 aromatic rings. The van der Waals surface area contributed by atoms with Crippen molar-refractivity contribution in [1.29, 1.82) is 0 Å². The summed E-state index contributed by atoms with van der Waals surface area (Å²) in [5.74, 6) is -0.452. The fourth-order valence-electron chi connectivity index (χ4n) is 1.62. The van der Waals surface area contributed by atoms with E-state index in [0.717, 1.165) is 11.3 Å². The third-order valence-electron chi connectivity index (χ3n) is 2.68. The van der Waals surface area contributed by atoms with Crippen molar-refractivity contribution in [3.63, 3.8) is 0 Å². The topological polar surface area (TPSA) is 52.3 Å². The molecule has 0 spiro atoms. The van der Waals surface area contributed by atoms with Gasteiger partial charge in [0, 0.05) is 9.75 Å². The SMILES string of the molecule is CCc1ccc(COC(=O)c2cccc(Cl)c2N)s1. The molecule has 3 nitrogen and oxygen atoms in total. The second kappa shape index (κ2) is 6.08. The van der Waals surface area contributed by atoms with Crippen LogP contribution in [0.25, 0.3) is 0 Å². The van der Waals surface area contributed by atoms with E-state index in [4.69, 9.17) is 22.1 Å². The Morgan fingerprint density at radius 3 is 2.74 bits per heavy atom. The highest BCUT2D eigenvalue weighted by Gasteiger charge is 2.13. The maximum absolute atomic E-state index is 11.9. The summed E-state index contributed by atoms with van der Waals surface area (Å²) in [6.07, 6.45) is 0.986. The number of aryl methyl sites for hydroxylation is 1. The second-order valence-electron chi connectivity index (χ2n) is 4.00. The number of esters is 1. The molecule has 1 aromatic carbocycles. The zero-order valence-electron chi connectivity index (χ0n) is 10.5. The van der Waals surface area contributed by atoms with Crippen LogP contribution in [0.2, 0.25) is 5.02 Å². The Morgan fingerprint density at radius 2 is 2.05 bits per heavy atom. The first-order valence-electron chi connectivity index (χ1n) is 5.90. The molecule has 5 heteroatoms. The molecule has 0 fully saturated rings. The number of ether oxygens (including phenoxy) is 1. The number of halogens is 1. The number of nitrogens with two attached hydrogens (primary N) is 1. The second-order valence-corrected chi connectivity index (χ2v) is 5.66.